The Morgan fingerprint density at radius 2 is 2.10 bits per heavy atom. The quantitative estimate of drug-likeness (QED) is 0.773. The Hall–Kier alpha value is -1.60. The zero-order valence-corrected chi connectivity index (χ0v) is 12.2. The van der Waals surface area contributed by atoms with Crippen molar-refractivity contribution in [3.63, 3.8) is 0 Å². The molecule has 20 heavy (non-hydrogen) atoms. The molecule has 0 radical (unpaired) electrons. The van der Waals surface area contributed by atoms with Crippen LogP contribution in [0.4, 0.5) is 11.4 Å². The standard InChI is InChI=1S/C13H19N3O3S/c1-20(18,19)16-12-6-2-5-11(8-12)15-13(17)10-4-3-7-14-9-10/h2,5-6,8,10,14,16H,3-4,7,9H2,1H3,(H,15,17)/t10-/m1/s1. The van der Waals surface area contributed by atoms with E-state index in [2.05, 4.69) is 15.4 Å². The van der Waals surface area contributed by atoms with Gasteiger partial charge < -0.3 is 10.6 Å². The molecule has 1 atom stereocenters. The van der Waals surface area contributed by atoms with E-state index >= 15 is 0 Å². The molecule has 1 aliphatic rings. The molecule has 0 saturated carbocycles. The van der Waals surface area contributed by atoms with E-state index in [9.17, 15) is 13.2 Å². The van der Waals surface area contributed by atoms with Gasteiger partial charge in [-0.3, -0.25) is 9.52 Å². The average molecular weight is 297 g/mol. The summed E-state index contributed by atoms with van der Waals surface area (Å²) in [6.45, 7) is 1.64. The molecule has 1 aromatic rings. The fourth-order valence-electron chi connectivity index (χ4n) is 2.19. The lowest BCUT2D eigenvalue weighted by Gasteiger charge is -2.22. The normalized spacial score (nSPS) is 19.4. The van der Waals surface area contributed by atoms with Crippen LogP contribution in [0.25, 0.3) is 0 Å². The minimum absolute atomic E-state index is 0.0322. The summed E-state index contributed by atoms with van der Waals surface area (Å²) in [7, 11) is -3.32. The van der Waals surface area contributed by atoms with Crippen LogP contribution in [0.2, 0.25) is 0 Å². The smallest absolute Gasteiger partial charge is 0.229 e. The van der Waals surface area contributed by atoms with Gasteiger partial charge in [-0.1, -0.05) is 6.07 Å². The first kappa shape index (κ1) is 14.8. The van der Waals surface area contributed by atoms with Gasteiger partial charge >= 0.3 is 0 Å². The van der Waals surface area contributed by atoms with E-state index in [0.29, 0.717) is 17.9 Å². The molecule has 110 valence electrons. The lowest BCUT2D eigenvalue weighted by atomic mass is 9.99. The third kappa shape index (κ3) is 4.50. The maximum atomic E-state index is 12.1. The van der Waals surface area contributed by atoms with E-state index in [-0.39, 0.29) is 11.8 Å². The van der Waals surface area contributed by atoms with Crippen molar-refractivity contribution < 1.29 is 13.2 Å². The average Bonchev–Trinajstić information content (AvgIpc) is 2.38. The number of hydrogen-bond donors (Lipinski definition) is 3. The summed E-state index contributed by atoms with van der Waals surface area (Å²) in [6, 6.07) is 6.68. The highest BCUT2D eigenvalue weighted by Crippen LogP contribution is 2.18. The maximum absolute atomic E-state index is 12.1. The van der Waals surface area contributed by atoms with Crippen LogP contribution >= 0.6 is 0 Å². The summed E-state index contributed by atoms with van der Waals surface area (Å²) in [5.41, 5.74) is 1.03. The molecule has 1 heterocycles. The summed E-state index contributed by atoms with van der Waals surface area (Å²) in [6.07, 6.45) is 2.96. The van der Waals surface area contributed by atoms with Gasteiger partial charge in [-0.2, -0.15) is 0 Å². The number of piperidine rings is 1. The lowest BCUT2D eigenvalue weighted by molar-refractivity contribution is -0.120. The fraction of sp³-hybridized carbons (Fsp3) is 0.462. The number of hydrogen-bond acceptors (Lipinski definition) is 4. The second-order valence-corrected chi connectivity index (χ2v) is 6.74. The summed E-state index contributed by atoms with van der Waals surface area (Å²) in [4.78, 5) is 12.1. The Balaban J connectivity index is 2.02. The molecule has 1 amide bonds. The van der Waals surface area contributed by atoms with Gasteiger partial charge in [0.15, 0.2) is 0 Å². The molecule has 1 aliphatic heterocycles. The molecule has 1 saturated heterocycles. The molecule has 0 unspecified atom stereocenters. The number of sulfonamides is 1. The topological polar surface area (TPSA) is 87.3 Å². The van der Waals surface area contributed by atoms with Crippen molar-refractivity contribution in [3.8, 4) is 0 Å². The Kier molecular flexibility index (Phi) is 4.61. The summed E-state index contributed by atoms with van der Waals surface area (Å²) in [5, 5.41) is 6.02. The second kappa shape index (κ2) is 6.23. The van der Waals surface area contributed by atoms with Gasteiger partial charge in [0.2, 0.25) is 15.9 Å². The second-order valence-electron chi connectivity index (χ2n) is 4.99. The SMILES string of the molecule is CS(=O)(=O)Nc1cccc(NC(=O)[C@@H]2CCCNC2)c1. The maximum Gasteiger partial charge on any atom is 0.229 e. The highest BCUT2D eigenvalue weighted by Gasteiger charge is 2.20. The number of rotatable bonds is 4. The van der Waals surface area contributed by atoms with Crippen molar-refractivity contribution in [3.05, 3.63) is 24.3 Å². The van der Waals surface area contributed by atoms with Gasteiger partial charge in [-0.05, 0) is 37.6 Å². The zero-order chi connectivity index (χ0) is 14.6. The van der Waals surface area contributed by atoms with Crippen molar-refractivity contribution in [1.82, 2.24) is 5.32 Å². The van der Waals surface area contributed by atoms with Gasteiger partial charge in [0, 0.05) is 12.2 Å². The molecule has 0 bridgehead atoms. The fourth-order valence-corrected chi connectivity index (χ4v) is 2.75. The van der Waals surface area contributed by atoms with E-state index in [1.165, 1.54) is 0 Å². The monoisotopic (exact) mass is 297 g/mol. The first-order chi connectivity index (χ1) is 9.44. The Bertz CT molecular complexity index is 580. The van der Waals surface area contributed by atoms with E-state index < -0.39 is 10.0 Å². The predicted molar refractivity (Wildman–Crippen MR) is 79.1 cm³/mol. The summed E-state index contributed by atoms with van der Waals surface area (Å²) in [5.74, 6) is -0.0658. The van der Waals surface area contributed by atoms with E-state index in [1.54, 1.807) is 24.3 Å². The third-order valence-electron chi connectivity index (χ3n) is 3.10. The van der Waals surface area contributed by atoms with Crippen LogP contribution in [0.5, 0.6) is 0 Å². The zero-order valence-electron chi connectivity index (χ0n) is 11.3. The molecule has 0 spiro atoms. The molecule has 2 rings (SSSR count). The molecular weight excluding hydrogens is 278 g/mol. The van der Waals surface area contributed by atoms with Crippen LogP contribution in [0.1, 0.15) is 12.8 Å². The van der Waals surface area contributed by atoms with Gasteiger partial charge in [0.25, 0.3) is 0 Å². The Labute approximate surface area is 119 Å². The molecule has 0 aromatic heterocycles. The van der Waals surface area contributed by atoms with Crippen LogP contribution < -0.4 is 15.4 Å². The van der Waals surface area contributed by atoms with E-state index in [1.807, 2.05) is 0 Å². The van der Waals surface area contributed by atoms with Crippen molar-refractivity contribution in [2.75, 3.05) is 29.4 Å². The third-order valence-corrected chi connectivity index (χ3v) is 3.71. The van der Waals surface area contributed by atoms with Crippen molar-refractivity contribution in [2.24, 2.45) is 5.92 Å². The van der Waals surface area contributed by atoms with Gasteiger partial charge in [-0.15, -0.1) is 0 Å². The van der Waals surface area contributed by atoms with E-state index in [0.717, 1.165) is 25.6 Å². The number of carbonyl (C=O) groups is 1. The first-order valence-corrected chi connectivity index (χ1v) is 8.42. The largest absolute Gasteiger partial charge is 0.326 e. The highest BCUT2D eigenvalue weighted by molar-refractivity contribution is 7.92. The van der Waals surface area contributed by atoms with Gasteiger partial charge in [0.05, 0.1) is 17.9 Å². The Morgan fingerprint density at radius 3 is 2.75 bits per heavy atom. The molecule has 1 aromatic carbocycles. The molecular formula is C13H19N3O3S. The van der Waals surface area contributed by atoms with Crippen molar-refractivity contribution in [1.29, 1.82) is 0 Å². The van der Waals surface area contributed by atoms with Gasteiger partial charge in [-0.25, -0.2) is 8.42 Å². The van der Waals surface area contributed by atoms with Crippen molar-refractivity contribution >= 4 is 27.3 Å². The first-order valence-electron chi connectivity index (χ1n) is 6.53. The van der Waals surface area contributed by atoms with Gasteiger partial charge in [0.1, 0.15) is 0 Å². The minimum Gasteiger partial charge on any atom is -0.326 e. The van der Waals surface area contributed by atoms with Crippen molar-refractivity contribution in [2.45, 2.75) is 12.8 Å². The number of amides is 1. The number of benzene rings is 1. The molecule has 7 heteroatoms. The summed E-state index contributed by atoms with van der Waals surface area (Å²) >= 11 is 0. The Morgan fingerprint density at radius 1 is 1.35 bits per heavy atom. The highest BCUT2D eigenvalue weighted by atomic mass is 32.2. The predicted octanol–water partition coefficient (Wildman–Crippen LogP) is 0.996. The van der Waals surface area contributed by atoms with Crippen LogP contribution in [0.3, 0.4) is 0 Å². The minimum atomic E-state index is -3.32. The number of carbonyl (C=O) groups excluding carboxylic acids is 1. The van der Waals surface area contributed by atoms with E-state index in [4.69, 9.17) is 0 Å². The molecule has 1 fully saturated rings. The number of nitrogens with one attached hydrogen (secondary N) is 3. The molecule has 3 N–H and O–H groups in total. The van der Waals surface area contributed by atoms with Crippen LogP contribution in [-0.4, -0.2) is 33.7 Å². The lowest BCUT2D eigenvalue weighted by Crippen LogP contribution is -2.37. The van der Waals surface area contributed by atoms with Crippen LogP contribution in [-0.2, 0) is 14.8 Å². The van der Waals surface area contributed by atoms with Crippen LogP contribution in [0, 0.1) is 5.92 Å². The number of anilines is 2. The summed E-state index contributed by atoms with van der Waals surface area (Å²) < 4.78 is 24.7. The molecule has 6 nitrogen and oxygen atoms in total. The molecule has 0 aliphatic carbocycles. The van der Waals surface area contributed by atoms with Crippen LogP contribution in [0.15, 0.2) is 24.3 Å².